The van der Waals surface area contributed by atoms with Gasteiger partial charge in [-0.1, -0.05) is 13.3 Å². The Morgan fingerprint density at radius 2 is 1.48 bits per heavy atom. The summed E-state index contributed by atoms with van der Waals surface area (Å²) in [4.78, 5) is 12.6. The molecule has 0 aliphatic carbocycles. The zero-order chi connectivity index (χ0) is 17.5. The molecule has 7 heteroatoms. The SMILES string of the molecule is CCCc1c(OC)cc(C(=O)P(=O)(OCC)OCC)cc1OC. The van der Waals surface area contributed by atoms with Gasteiger partial charge >= 0.3 is 7.60 Å². The van der Waals surface area contributed by atoms with Gasteiger partial charge in [0.25, 0.3) is 5.52 Å². The van der Waals surface area contributed by atoms with Gasteiger partial charge in [-0.15, -0.1) is 0 Å². The second-order valence-corrected chi connectivity index (χ2v) is 6.67. The smallest absolute Gasteiger partial charge is 0.401 e. The highest BCUT2D eigenvalue weighted by Gasteiger charge is 2.36. The molecule has 0 radical (unpaired) electrons. The Morgan fingerprint density at radius 3 is 1.83 bits per heavy atom. The first-order valence-electron chi connectivity index (χ1n) is 7.66. The van der Waals surface area contributed by atoms with Crippen LogP contribution >= 0.6 is 7.60 Å². The first kappa shape index (κ1) is 19.7. The summed E-state index contributed by atoms with van der Waals surface area (Å²) in [6.45, 7) is 5.58. The van der Waals surface area contributed by atoms with Crippen molar-refractivity contribution in [1.82, 2.24) is 0 Å². The van der Waals surface area contributed by atoms with Crippen molar-refractivity contribution in [2.45, 2.75) is 33.6 Å². The molecule has 1 aromatic rings. The summed E-state index contributed by atoms with van der Waals surface area (Å²) >= 11 is 0. The molecule has 0 aliphatic rings. The fourth-order valence-electron chi connectivity index (χ4n) is 2.26. The number of carbonyl (C=O) groups excluding carboxylic acids is 1. The molecule has 0 unspecified atom stereocenters. The van der Waals surface area contributed by atoms with Gasteiger partial charge < -0.3 is 18.5 Å². The summed E-state index contributed by atoms with van der Waals surface area (Å²) in [5.74, 6) is 1.04. The van der Waals surface area contributed by atoms with Crippen molar-refractivity contribution >= 4 is 13.1 Å². The Labute approximate surface area is 137 Å². The third kappa shape index (κ3) is 4.56. The van der Waals surface area contributed by atoms with Crippen LogP contribution in [0, 0.1) is 0 Å². The summed E-state index contributed by atoms with van der Waals surface area (Å²) in [6.07, 6.45) is 1.64. The van der Waals surface area contributed by atoms with Crippen molar-refractivity contribution in [1.29, 1.82) is 0 Å². The molecular weight excluding hydrogens is 319 g/mol. The molecular formula is C16H25O6P. The van der Waals surface area contributed by atoms with Crippen LogP contribution < -0.4 is 9.47 Å². The number of benzene rings is 1. The largest absolute Gasteiger partial charge is 0.496 e. The number of hydrogen-bond acceptors (Lipinski definition) is 6. The normalized spacial score (nSPS) is 11.3. The van der Waals surface area contributed by atoms with E-state index in [1.165, 1.54) is 14.2 Å². The van der Waals surface area contributed by atoms with Crippen LogP contribution in [-0.2, 0) is 20.0 Å². The molecule has 0 aromatic heterocycles. The van der Waals surface area contributed by atoms with Crippen LogP contribution in [0.15, 0.2) is 12.1 Å². The van der Waals surface area contributed by atoms with Crippen molar-refractivity contribution < 1.29 is 27.9 Å². The van der Waals surface area contributed by atoms with Crippen molar-refractivity contribution in [3.8, 4) is 11.5 Å². The van der Waals surface area contributed by atoms with Crippen LogP contribution in [-0.4, -0.2) is 33.0 Å². The topological polar surface area (TPSA) is 71.1 Å². The maximum absolute atomic E-state index is 12.6. The van der Waals surface area contributed by atoms with Crippen molar-refractivity contribution in [2.75, 3.05) is 27.4 Å². The lowest BCUT2D eigenvalue weighted by Gasteiger charge is -2.18. The van der Waals surface area contributed by atoms with E-state index < -0.39 is 13.1 Å². The van der Waals surface area contributed by atoms with Crippen molar-refractivity contribution in [3.05, 3.63) is 23.3 Å². The Hall–Kier alpha value is -1.36. The van der Waals surface area contributed by atoms with Crippen LogP contribution in [0.1, 0.15) is 43.1 Å². The van der Waals surface area contributed by atoms with E-state index >= 15 is 0 Å². The third-order valence-corrected chi connectivity index (χ3v) is 5.15. The molecule has 0 atom stereocenters. The molecule has 0 heterocycles. The molecule has 0 N–H and O–H groups in total. The Kier molecular flexibility index (Phi) is 7.76. The van der Waals surface area contributed by atoms with Crippen LogP contribution in [0.2, 0.25) is 0 Å². The molecule has 0 fully saturated rings. The van der Waals surface area contributed by atoms with E-state index in [1.54, 1.807) is 26.0 Å². The first-order chi connectivity index (χ1) is 11.0. The zero-order valence-corrected chi connectivity index (χ0v) is 15.3. The van der Waals surface area contributed by atoms with Gasteiger partial charge in [0.1, 0.15) is 11.5 Å². The van der Waals surface area contributed by atoms with Crippen LogP contribution in [0.4, 0.5) is 0 Å². The molecule has 0 saturated heterocycles. The zero-order valence-electron chi connectivity index (χ0n) is 14.4. The minimum Gasteiger partial charge on any atom is -0.496 e. The summed E-state index contributed by atoms with van der Waals surface area (Å²) in [5.41, 5.74) is 0.362. The van der Waals surface area contributed by atoms with Crippen LogP contribution in [0.5, 0.6) is 11.5 Å². The predicted molar refractivity (Wildman–Crippen MR) is 88.7 cm³/mol. The lowest BCUT2D eigenvalue weighted by atomic mass is 10.0. The highest BCUT2D eigenvalue weighted by Crippen LogP contribution is 2.52. The Balaban J connectivity index is 3.36. The van der Waals surface area contributed by atoms with Gasteiger partial charge in [-0.2, -0.15) is 0 Å². The second-order valence-electron chi connectivity index (χ2n) is 4.75. The van der Waals surface area contributed by atoms with E-state index in [-0.39, 0.29) is 18.8 Å². The van der Waals surface area contributed by atoms with Crippen LogP contribution in [0.3, 0.4) is 0 Å². The lowest BCUT2D eigenvalue weighted by Crippen LogP contribution is -2.09. The van der Waals surface area contributed by atoms with Crippen molar-refractivity contribution in [2.24, 2.45) is 0 Å². The Bertz CT molecular complexity index is 549. The van der Waals surface area contributed by atoms with Crippen molar-refractivity contribution in [3.63, 3.8) is 0 Å². The van der Waals surface area contributed by atoms with E-state index in [0.29, 0.717) is 11.5 Å². The molecule has 6 nitrogen and oxygen atoms in total. The Morgan fingerprint density at radius 1 is 1.00 bits per heavy atom. The molecule has 0 bridgehead atoms. The monoisotopic (exact) mass is 344 g/mol. The molecule has 0 saturated carbocycles. The number of carbonyl (C=O) groups is 1. The molecule has 1 aromatic carbocycles. The summed E-state index contributed by atoms with van der Waals surface area (Å²) < 4.78 is 33.6. The maximum Gasteiger partial charge on any atom is 0.401 e. The molecule has 0 aliphatic heterocycles. The van der Waals surface area contributed by atoms with Gasteiger partial charge in [-0.25, -0.2) is 0 Å². The number of rotatable bonds is 10. The molecule has 1 rings (SSSR count). The van der Waals surface area contributed by atoms with Gasteiger partial charge in [0.05, 0.1) is 27.4 Å². The predicted octanol–water partition coefficient (Wildman–Crippen LogP) is 4.06. The van der Waals surface area contributed by atoms with E-state index in [0.717, 1.165) is 18.4 Å². The number of hydrogen-bond donors (Lipinski definition) is 0. The summed E-state index contributed by atoms with van der Waals surface area (Å²) in [6, 6.07) is 3.11. The van der Waals surface area contributed by atoms with E-state index in [2.05, 4.69) is 0 Å². The molecule has 0 spiro atoms. The number of ether oxygens (including phenoxy) is 2. The highest BCUT2D eigenvalue weighted by atomic mass is 31.2. The quantitative estimate of drug-likeness (QED) is 0.596. The average molecular weight is 344 g/mol. The minimum absolute atomic E-state index is 0.116. The summed E-state index contributed by atoms with van der Waals surface area (Å²) in [5, 5.41) is 0. The fourth-order valence-corrected chi connectivity index (χ4v) is 3.69. The van der Waals surface area contributed by atoms with Gasteiger partial charge in [0.2, 0.25) is 0 Å². The molecule has 130 valence electrons. The minimum atomic E-state index is -3.87. The van der Waals surface area contributed by atoms with E-state index in [1.807, 2.05) is 6.92 Å². The number of methoxy groups -OCH3 is 2. The third-order valence-electron chi connectivity index (χ3n) is 3.20. The maximum atomic E-state index is 12.6. The second kappa shape index (κ2) is 9.06. The van der Waals surface area contributed by atoms with E-state index in [9.17, 15) is 9.36 Å². The van der Waals surface area contributed by atoms with Gasteiger partial charge in [-0.05, 0) is 32.4 Å². The van der Waals surface area contributed by atoms with Crippen LogP contribution in [0.25, 0.3) is 0 Å². The fraction of sp³-hybridized carbons (Fsp3) is 0.562. The molecule has 23 heavy (non-hydrogen) atoms. The first-order valence-corrected chi connectivity index (χ1v) is 9.20. The standard InChI is InChI=1S/C16H25O6P/c1-6-9-13-14(19-4)10-12(11-15(13)20-5)16(17)23(18,21-7-2)22-8-3/h10-11H,6-9H2,1-5H3. The molecule has 0 amide bonds. The van der Waals surface area contributed by atoms with Gasteiger partial charge in [-0.3, -0.25) is 9.36 Å². The highest BCUT2D eigenvalue weighted by molar-refractivity contribution is 7.72. The summed E-state index contributed by atoms with van der Waals surface area (Å²) in [7, 11) is -0.832. The average Bonchev–Trinajstić information content (AvgIpc) is 2.54. The lowest BCUT2D eigenvalue weighted by molar-refractivity contribution is 0.100. The van der Waals surface area contributed by atoms with E-state index in [4.69, 9.17) is 18.5 Å². The van der Waals surface area contributed by atoms with Gasteiger partial charge in [0.15, 0.2) is 0 Å². The van der Waals surface area contributed by atoms with Gasteiger partial charge in [0, 0.05) is 11.1 Å².